The molecule has 0 amide bonds. The quantitative estimate of drug-likeness (QED) is 0.224. The first-order valence-electron chi connectivity index (χ1n) is 7.59. The maximum absolute atomic E-state index is 12.2. The predicted molar refractivity (Wildman–Crippen MR) is 87.8 cm³/mol. The molecular weight excluding hydrogens is 375 g/mol. The first-order valence-corrected chi connectivity index (χ1v) is 9.07. The molecule has 25 heavy (non-hydrogen) atoms. The number of aryl methyl sites for hydroxylation is 1. The van der Waals surface area contributed by atoms with Crippen LogP contribution in [0, 0.1) is 6.92 Å². The van der Waals surface area contributed by atoms with Gasteiger partial charge in [-0.1, -0.05) is 24.1 Å². The molecule has 1 rings (SSSR count). The number of aliphatic hydroxyl groups is 1. The molecule has 1 atom stereocenters. The Kier molecular flexibility index (Phi) is 13.4. The molecule has 0 saturated heterocycles. The summed E-state index contributed by atoms with van der Waals surface area (Å²) in [6.45, 7) is 1.53. The number of benzene rings is 1. The summed E-state index contributed by atoms with van der Waals surface area (Å²) >= 11 is 0. The summed E-state index contributed by atoms with van der Waals surface area (Å²) in [6.07, 6.45) is 0.810. The number of aliphatic carboxylic acids is 1. The predicted octanol–water partition coefficient (Wildman–Crippen LogP) is -1.45. The summed E-state index contributed by atoms with van der Waals surface area (Å²) in [7, 11) is -3.80. The van der Waals surface area contributed by atoms with E-state index in [1.165, 1.54) is 12.1 Å². The van der Waals surface area contributed by atoms with Crippen LogP contribution in [0.3, 0.4) is 0 Å². The molecule has 0 aliphatic rings. The van der Waals surface area contributed by atoms with Crippen LogP contribution in [0.2, 0.25) is 0 Å². The van der Waals surface area contributed by atoms with Gasteiger partial charge in [-0.2, -0.15) is 0 Å². The SMILES string of the molecule is Cc1ccc(S(=O)(=O)NC(CO)[N-]OCCCCCC(=O)O)cc1.[K+]. The Morgan fingerprint density at radius 2 is 1.88 bits per heavy atom. The van der Waals surface area contributed by atoms with E-state index in [2.05, 4.69) is 10.2 Å². The normalized spacial score (nSPS) is 12.4. The van der Waals surface area contributed by atoms with Crippen LogP contribution >= 0.6 is 0 Å². The van der Waals surface area contributed by atoms with E-state index >= 15 is 0 Å². The number of nitrogens with zero attached hydrogens (tertiary/aromatic N) is 1. The largest absolute Gasteiger partial charge is 1.00 e. The van der Waals surface area contributed by atoms with Gasteiger partial charge in [0, 0.05) is 19.6 Å². The number of carboxylic acid groups (broad SMARTS) is 1. The molecule has 0 fully saturated rings. The van der Waals surface area contributed by atoms with Crippen molar-refractivity contribution in [2.45, 2.75) is 43.7 Å². The minimum atomic E-state index is -3.80. The van der Waals surface area contributed by atoms with Crippen molar-refractivity contribution in [2.75, 3.05) is 13.2 Å². The summed E-state index contributed by atoms with van der Waals surface area (Å²) in [5.74, 6) is -0.841. The van der Waals surface area contributed by atoms with Gasteiger partial charge in [-0.05, 0) is 38.1 Å². The second kappa shape index (κ2) is 13.3. The summed E-state index contributed by atoms with van der Waals surface area (Å²) in [5.41, 5.74) is 4.58. The molecule has 10 heteroatoms. The number of unbranched alkanes of at least 4 members (excludes halogenated alkanes) is 2. The van der Waals surface area contributed by atoms with Crippen molar-refractivity contribution in [3.8, 4) is 0 Å². The van der Waals surface area contributed by atoms with E-state index in [-0.39, 0.29) is 69.3 Å². The zero-order valence-corrected chi connectivity index (χ0v) is 18.5. The Balaban J connectivity index is 0.00000576. The number of rotatable bonds is 12. The minimum Gasteiger partial charge on any atom is -0.516 e. The molecule has 0 aliphatic carbocycles. The molecule has 1 unspecified atom stereocenters. The fourth-order valence-electron chi connectivity index (χ4n) is 1.82. The standard InChI is InChI=1S/C15H23N2O6S.K/c1-12-6-8-13(9-7-12)24(21,22)17-14(11-18)16-23-10-4-2-3-5-15(19)20;/h6-9,14,17-18H,2-5,10-11H2,1H3,(H,19,20);/q-1;+1. The molecular formula is C15H23KN2O6S. The van der Waals surface area contributed by atoms with Crippen molar-refractivity contribution < 1.29 is 79.6 Å². The molecule has 8 nitrogen and oxygen atoms in total. The summed E-state index contributed by atoms with van der Waals surface area (Å²) in [5, 5.41) is 17.7. The molecule has 3 N–H and O–H groups in total. The van der Waals surface area contributed by atoms with Crippen molar-refractivity contribution >= 4 is 16.0 Å². The van der Waals surface area contributed by atoms with Gasteiger partial charge < -0.3 is 20.5 Å². The van der Waals surface area contributed by atoms with E-state index in [1.54, 1.807) is 12.1 Å². The van der Waals surface area contributed by atoms with Gasteiger partial charge in [0.25, 0.3) is 0 Å². The average molecular weight is 399 g/mol. The molecule has 1 aromatic carbocycles. The van der Waals surface area contributed by atoms with Gasteiger partial charge in [0.2, 0.25) is 10.0 Å². The van der Waals surface area contributed by atoms with Gasteiger partial charge in [0.15, 0.2) is 0 Å². The van der Waals surface area contributed by atoms with Gasteiger partial charge in [-0.3, -0.25) is 4.79 Å². The molecule has 0 radical (unpaired) electrons. The molecule has 0 heterocycles. The van der Waals surface area contributed by atoms with Crippen molar-refractivity contribution in [1.29, 1.82) is 0 Å². The van der Waals surface area contributed by atoms with E-state index < -0.39 is 28.8 Å². The van der Waals surface area contributed by atoms with E-state index in [0.29, 0.717) is 19.3 Å². The summed E-state index contributed by atoms with van der Waals surface area (Å²) < 4.78 is 26.6. The number of sulfonamides is 1. The first kappa shape index (κ1) is 25.1. The maximum Gasteiger partial charge on any atom is 1.00 e. The van der Waals surface area contributed by atoms with Crippen LogP contribution in [0.5, 0.6) is 0 Å². The topological polar surface area (TPSA) is 127 Å². The zero-order chi connectivity index (χ0) is 18.0. The molecule has 0 bridgehead atoms. The van der Waals surface area contributed by atoms with Gasteiger partial charge in [0.1, 0.15) is 0 Å². The van der Waals surface area contributed by atoms with Crippen LogP contribution in [0.15, 0.2) is 29.2 Å². The second-order valence-electron chi connectivity index (χ2n) is 5.28. The van der Waals surface area contributed by atoms with Crippen molar-refractivity contribution in [3.63, 3.8) is 0 Å². The fraction of sp³-hybridized carbons (Fsp3) is 0.533. The average Bonchev–Trinajstić information content (AvgIpc) is 2.52. The Morgan fingerprint density at radius 1 is 1.24 bits per heavy atom. The molecule has 0 aliphatic heterocycles. The molecule has 0 saturated carbocycles. The van der Waals surface area contributed by atoms with Crippen LogP contribution in [-0.2, 0) is 19.7 Å². The first-order chi connectivity index (χ1) is 11.3. The Morgan fingerprint density at radius 3 is 2.44 bits per heavy atom. The summed E-state index contributed by atoms with van der Waals surface area (Å²) in [6, 6.07) is 6.28. The molecule has 136 valence electrons. The van der Waals surface area contributed by atoms with Crippen molar-refractivity contribution in [2.24, 2.45) is 0 Å². The fourth-order valence-corrected chi connectivity index (χ4v) is 2.93. The van der Waals surface area contributed by atoms with Crippen LogP contribution in [0.4, 0.5) is 0 Å². The van der Waals surface area contributed by atoms with E-state index in [9.17, 15) is 18.3 Å². The van der Waals surface area contributed by atoms with Gasteiger partial charge in [-0.25, -0.2) is 13.1 Å². The Bertz CT molecular complexity index is 609. The van der Waals surface area contributed by atoms with E-state index in [0.717, 1.165) is 5.56 Å². The number of nitrogens with one attached hydrogen (secondary N) is 1. The number of hydrogen-bond acceptors (Lipinski definition) is 5. The number of hydrogen-bond donors (Lipinski definition) is 3. The third-order valence-electron chi connectivity index (χ3n) is 3.12. The molecule has 0 spiro atoms. The number of hydroxylamine groups is 1. The number of aliphatic hydroxyl groups excluding tert-OH is 1. The van der Waals surface area contributed by atoms with Crippen LogP contribution in [0.1, 0.15) is 31.2 Å². The third-order valence-corrected chi connectivity index (χ3v) is 4.60. The minimum absolute atomic E-state index is 0. The van der Waals surface area contributed by atoms with E-state index in [4.69, 9.17) is 9.94 Å². The zero-order valence-electron chi connectivity index (χ0n) is 14.5. The third kappa shape index (κ3) is 10.8. The van der Waals surface area contributed by atoms with Gasteiger partial charge in [0.05, 0.1) is 4.90 Å². The second-order valence-corrected chi connectivity index (χ2v) is 6.99. The van der Waals surface area contributed by atoms with Gasteiger partial charge in [-0.15, -0.1) is 0 Å². The van der Waals surface area contributed by atoms with Crippen LogP contribution in [-0.4, -0.2) is 44.0 Å². The van der Waals surface area contributed by atoms with Crippen molar-refractivity contribution in [1.82, 2.24) is 4.72 Å². The Hall–Kier alpha value is 0.116. The maximum atomic E-state index is 12.2. The van der Waals surface area contributed by atoms with Gasteiger partial charge >= 0.3 is 57.4 Å². The Labute approximate surface area is 190 Å². The number of carboxylic acids is 1. The monoisotopic (exact) mass is 398 g/mol. The smallest absolute Gasteiger partial charge is 0.516 e. The summed E-state index contributed by atoms with van der Waals surface area (Å²) in [4.78, 5) is 15.4. The van der Waals surface area contributed by atoms with Crippen LogP contribution < -0.4 is 56.1 Å². The molecule has 0 aromatic heterocycles. The van der Waals surface area contributed by atoms with E-state index in [1.807, 2.05) is 6.92 Å². The molecule has 1 aromatic rings. The van der Waals surface area contributed by atoms with Crippen LogP contribution in [0.25, 0.3) is 5.48 Å². The van der Waals surface area contributed by atoms with Crippen molar-refractivity contribution in [3.05, 3.63) is 35.3 Å². The number of carbonyl (C=O) groups is 1.